The maximum atomic E-state index is 11.3. The van der Waals surface area contributed by atoms with Crippen molar-refractivity contribution < 1.29 is 9.53 Å². The summed E-state index contributed by atoms with van der Waals surface area (Å²) in [5.74, 6) is 0.369. The zero-order chi connectivity index (χ0) is 18.9. The third-order valence-corrected chi connectivity index (χ3v) is 4.34. The van der Waals surface area contributed by atoms with E-state index in [1.54, 1.807) is 31.6 Å². The molecular formula is C20H25N5O2. The fourth-order valence-corrected chi connectivity index (χ4v) is 3.12. The van der Waals surface area contributed by atoms with Gasteiger partial charge in [-0.25, -0.2) is 9.78 Å². The number of esters is 1. The topological polar surface area (TPSA) is 80.2 Å². The number of hydrogen-bond acceptors (Lipinski definition) is 7. The normalized spacial score (nSPS) is 17.7. The van der Waals surface area contributed by atoms with Gasteiger partial charge in [0.1, 0.15) is 5.82 Å². The molecule has 1 saturated heterocycles. The van der Waals surface area contributed by atoms with Gasteiger partial charge in [0.15, 0.2) is 0 Å². The monoisotopic (exact) mass is 367 g/mol. The Hall–Kier alpha value is -2.80. The molecule has 1 atom stereocenters. The molecule has 0 radical (unpaired) electrons. The molecular weight excluding hydrogens is 342 g/mol. The molecule has 1 aliphatic rings. The highest BCUT2D eigenvalue weighted by Crippen LogP contribution is 2.16. The zero-order valence-electron chi connectivity index (χ0n) is 15.5. The Kier molecular flexibility index (Phi) is 6.87. The van der Waals surface area contributed by atoms with E-state index >= 15 is 0 Å². The van der Waals surface area contributed by atoms with E-state index in [-0.39, 0.29) is 5.97 Å². The Morgan fingerprint density at radius 1 is 1.37 bits per heavy atom. The van der Waals surface area contributed by atoms with Gasteiger partial charge in [0.2, 0.25) is 0 Å². The Balaban J connectivity index is 1.51. The average molecular weight is 367 g/mol. The van der Waals surface area contributed by atoms with Gasteiger partial charge in [-0.1, -0.05) is 6.07 Å². The van der Waals surface area contributed by atoms with Crippen LogP contribution in [0.15, 0.2) is 43.0 Å². The predicted molar refractivity (Wildman–Crippen MR) is 104 cm³/mol. The largest absolute Gasteiger partial charge is 0.463 e. The summed E-state index contributed by atoms with van der Waals surface area (Å²) < 4.78 is 4.85. The lowest BCUT2D eigenvalue weighted by Crippen LogP contribution is -2.41. The molecule has 2 aromatic heterocycles. The fraction of sp³-hybridized carbons (Fsp3) is 0.400. The van der Waals surface area contributed by atoms with Crippen molar-refractivity contribution in [2.45, 2.75) is 32.4 Å². The van der Waals surface area contributed by atoms with E-state index in [0.29, 0.717) is 18.3 Å². The molecule has 0 spiro atoms. The third-order valence-electron chi connectivity index (χ3n) is 4.34. The van der Waals surface area contributed by atoms with E-state index in [1.807, 2.05) is 12.3 Å². The molecule has 1 fully saturated rings. The minimum Gasteiger partial charge on any atom is -0.463 e. The van der Waals surface area contributed by atoms with Crippen molar-refractivity contribution in [1.29, 1.82) is 0 Å². The van der Waals surface area contributed by atoms with Gasteiger partial charge in [-0.2, -0.15) is 0 Å². The minimum absolute atomic E-state index is 0.339. The molecule has 7 heteroatoms. The van der Waals surface area contributed by atoms with Gasteiger partial charge in [-0.05, 0) is 44.0 Å². The van der Waals surface area contributed by atoms with E-state index in [2.05, 4.69) is 31.2 Å². The second-order valence-electron chi connectivity index (χ2n) is 6.49. The first-order chi connectivity index (χ1) is 13.2. The molecule has 3 rings (SSSR count). The van der Waals surface area contributed by atoms with Gasteiger partial charge < -0.3 is 10.1 Å². The van der Waals surface area contributed by atoms with Gasteiger partial charge in [0, 0.05) is 37.6 Å². The molecule has 0 aliphatic carbocycles. The van der Waals surface area contributed by atoms with Crippen molar-refractivity contribution in [1.82, 2.24) is 19.9 Å². The van der Waals surface area contributed by atoms with Crippen molar-refractivity contribution >= 4 is 17.9 Å². The molecule has 3 heterocycles. The van der Waals surface area contributed by atoms with E-state index in [9.17, 15) is 4.79 Å². The number of carbonyl (C=O) groups excluding carboxylic acids is 1. The molecule has 142 valence electrons. The average Bonchev–Trinajstić information content (AvgIpc) is 2.69. The number of pyridine rings is 1. The highest BCUT2D eigenvalue weighted by Gasteiger charge is 2.20. The number of nitrogens with one attached hydrogen (secondary N) is 1. The number of ether oxygens (including phenoxy) is 1. The lowest BCUT2D eigenvalue weighted by Gasteiger charge is -2.33. The van der Waals surface area contributed by atoms with Crippen LogP contribution in [0, 0.1) is 0 Å². The number of hydrogen-bond donors (Lipinski definition) is 1. The number of rotatable bonds is 7. The van der Waals surface area contributed by atoms with Gasteiger partial charge >= 0.3 is 5.97 Å². The summed E-state index contributed by atoms with van der Waals surface area (Å²) in [6, 6.07) is 4.42. The summed E-state index contributed by atoms with van der Waals surface area (Å²) >= 11 is 0. The first-order valence-electron chi connectivity index (χ1n) is 9.27. The molecule has 2 aromatic rings. The van der Waals surface area contributed by atoms with E-state index in [0.717, 1.165) is 38.3 Å². The molecule has 27 heavy (non-hydrogen) atoms. The lowest BCUT2D eigenvalue weighted by atomic mass is 10.1. The Morgan fingerprint density at radius 3 is 3.04 bits per heavy atom. The molecule has 0 unspecified atom stereocenters. The standard InChI is InChI=1S/C20H25N5O2/c1-2-27-20(26)8-7-17-12-23-19(13-22-17)24-18-6-4-10-25(15-18)14-16-5-3-9-21-11-16/h3,5,7-9,11-13,18H,2,4,6,10,14-15H2,1H3,(H,23,24)/t18-/m1/s1. The highest BCUT2D eigenvalue weighted by molar-refractivity contribution is 5.86. The van der Waals surface area contributed by atoms with Gasteiger partial charge in [0.05, 0.1) is 24.7 Å². The van der Waals surface area contributed by atoms with Crippen LogP contribution < -0.4 is 5.32 Å². The molecule has 0 amide bonds. The highest BCUT2D eigenvalue weighted by atomic mass is 16.5. The molecule has 0 bridgehead atoms. The summed E-state index contributed by atoms with van der Waals surface area (Å²) in [6.45, 7) is 5.10. The van der Waals surface area contributed by atoms with Crippen LogP contribution in [0.1, 0.15) is 31.0 Å². The number of piperidine rings is 1. The summed E-state index contributed by atoms with van der Waals surface area (Å²) in [7, 11) is 0. The lowest BCUT2D eigenvalue weighted by molar-refractivity contribution is -0.137. The molecule has 0 saturated carbocycles. The predicted octanol–water partition coefficient (Wildman–Crippen LogP) is 2.52. The number of nitrogens with zero attached hydrogens (tertiary/aromatic N) is 4. The number of aromatic nitrogens is 3. The van der Waals surface area contributed by atoms with Crippen LogP contribution in [0.3, 0.4) is 0 Å². The SMILES string of the molecule is CCOC(=O)C=Cc1cnc(N[C@@H]2CCCN(Cc3cccnc3)C2)cn1. The van der Waals surface area contributed by atoms with E-state index in [4.69, 9.17) is 4.74 Å². The summed E-state index contributed by atoms with van der Waals surface area (Å²) in [4.78, 5) is 26.7. The Bertz CT molecular complexity index is 749. The fourth-order valence-electron chi connectivity index (χ4n) is 3.12. The van der Waals surface area contributed by atoms with Crippen LogP contribution in [0.2, 0.25) is 0 Å². The quantitative estimate of drug-likeness (QED) is 0.595. The first kappa shape index (κ1) is 19.0. The maximum Gasteiger partial charge on any atom is 0.330 e. The zero-order valence-corrected chi connectivity index (χ0v) is 15.5. The van der Waals surface area contributed by atoms with Crippen LogP contribution >= 0.6 is 0 Å². The minimum atomic E-state index is -0.377. The van der Waals surface area contributed by atoms with Crippen LogP contribution in [0.4, 0.5) is 5.82 Å². The van der Waals surface area contributed by atoms with Crippen LogP contribution in [-0.2, 0) is 16.1 Å². The second-order valence-corrected chi connectivity index (χ2v) is 6.49. The molecule has 1 aliphatic heterocycles. The van der Waals surface area contributed by atoms with Crippen molar-refractivity contribution in [3.05, 3.63) is 54.3 Å². The van der Waals surface area contributed by atoms with Crippen molar-refractivity contribution in [3.8, 4) is 0 Å². The summed E-state index contributed by atoms with van der Waals surface area (Å²) in [5.41, 5.74) is 1.85. The first-order valence-corrected chi connectivity index (χ1v) is 9.27. The van der Waals surface area contributed by atoms with Gasteiger partial charge in [0.25, 0.3) is 0 Å². The molecule has 7 nitrogen and oxygen atoms in total. The maximum absolute atomic E-state index is 11.3. The van der Waals surface area contributed by atoms with Crippen molar-refractivity contribution in [3.63, 3.8) is 0 Å². The third kappa shape index (κ3) is 6.14. The summed E-state index contributed by atoms with van der Waals surface area (Å²) in [5, 5.41) is 3.46. The number of anilines is 1. The Morgan fingerprint density at radius 2 is 2.30 bits per heavy atom. The second kappa shape index (κ2) is 9.78. The van der Waals surface area contributed by atoms with Crippen LogP contribution in [0.25, 0.3) is 6.08 Å². The summed E-state index contributed by atoms with van der Waals surface area (Å²) in [6.07, 6.45) is 12.3. The molecule has 1 N–H and O–H groups in total. The smallest absolute Gasteiger partial charge is 0.330 e. The van der Waals surface area contributed by atoms with Crippen LogP contribution in [-0.4, -0.2) is 51.6 Å². The van der Waals surface area contributed by atoms with E-state index < -0.39 is 0 Å². The van der Waals surface area contributed by atoms with Crippen molar-refractivity contribution in [2.75, 3.05) is 25.0 Å². The van der Waals surface area contributed by atoms with Gasteiger partial charge in [-0.3, -0.25) is 14.9 Å². The van der Waals surface area contributed by atoms with Crippen molar-refractivity contribution in [2.24, 2.45) is 0 Å². The van der Waals surface area contributed by atoms with E-state index in [1.165, 1.54) is 11.6 Å². The van der Waals surface area contributed by atoms with Crippen LogP contribution in [0.5, 0.6) is 0 Å². The Labute approximate surface area is 159 Å². The number of likely N-dealkylation sites (tertiary alicyclic amines) is 1. The molecule has 0 aromatic carbocycles. The van der Waals surface area contributed by atoms with Gasteiger partial charge in [-0.15, -0.1) is 0 Å². The number of carbonyl (C=O) groups is 1.